The molecule has 1 aliphatic heterocycles. The van der Waals surface area contributed by atoms with Crippen molar-refractivity contribution in [3.63, 3.8) is 0 Å². The van der Waals surface area contributed by atoms with E-state index in [0.29, 0.717) is 22.0 Å². The normalized spacial score (nSPS) is 14.4. The molecule has 1 heterocycles. The number of carbonyl (C=O) groups excluding carboxylic acids is 3. The van der Waals surface area contributed by atoms with Crippen molar-refractivity contribution in [1.82, 2.24) is 4.90 Å². The lowest BCUT2D eigenvalue weighted by Crippen LogP contribution is -2.36. The first kappa shape index (κ1) is 26.6. The molecule has 1 aliphatic rings. The molecule has 1 fully saturated rings. The van der Waals surface area contributed by atoms with Crippen LogP contribution >= 0.6 is 62.5 Å². The van der Waals surface area contributed by atoms with Gasteiger partial charge in [0.1, 0.15) is 13.2 Å². The maximum Gasteiger partial charge on any atom is 0.294 e. The first-order valence-corrected chi connectivity index (χ1v) is 13.1. The fourth-order valence-corrected chi connectivity index (χ4v) is 5.12. The van der Waals surface area contributed by atoms with Crippen LogP contribution in [-0.2, 0) is 16.2 Å². The molecule has 3 aromatic rings. The summed E-state index contributed by atoms with van der Waals surface area (Å²) in [6.07, 6.45) is 1.49. The molecule has 0 unspecified atom stereocenters. The van der Waals surface area contributed by atoms with Gasteiger partial charge in [-0.3, -0.25) is 19.3 Å². The lowest BCUT2D eigenvalue weighted by molar-refractivity contribution is -0.127. The Morgan fingerprint density at radius 2 is 1.67 bits per heavy atom. The number of amides is 3. The van der Waals surface area contributed by atoms with Crippen LogP contribution in [0, 0.1) is 0 Å². The van der Waals surface area contributed by atoms with E-state index in [9.17, 15) is 14.4 Å². The van der Waals surface area contributed by atoms with Gasteiger partial charge >= 0.3 is 0 Å². The molecule has 0 atom stereocenters. The van der Waals surface area contributed by atoms with Crippen LogP contribution in [0.25, 0.3) is 6.08 Å². The molecular formula is C25H16BrCl3N2O4S. The molecule has 0 saturated carbocycles. The van der Waals surface area contributed by atoms with Gasteiger partial charge in [-0.1, -0.05) is 75.0 Å². The van der Waals surface area contributed by atoms with Gasteiger partial charge in [-0.05, 0) is 65.4 Å². The summed E-state index contributed by atoms with van der Waals surface area (Å²) in [5, 5.41) is 2.88. The van der Waals surface area contributed by atoms with Crippen LogP contribution in [0.4, 0.5) is 10.5 Å². The molecule has 1 saturated heterocycles. The van der Waals surface area contributed by atoms with Crippen molar-refractivity contribution in [3.05, 3.63) is 96.2 Å². The number of thioether (sulfide) groups is 1. The zero-order valence-corrected chi connectivity index (χ0v) is 22.9. The number of para-hydroxylation sites is 1. The highest BCUT2D eigenvalue weighted by Gasteiger charge is 2.36. The Balaban J connectivity index is 1.44. The maximum absolute atomic E-state index is 12.8. The number of hydrogen-bond donors (Lipinski definition) is 1. The van der Waals surface area contributed by atoms with E-state index in [1.165, 1.54) is 6.08 Å². The number of ether oxygens (including phenoxy) is 1. The Labute approximate surface area is 234 Å². The van der Waals surface area contributed by atoms with E-state index in [2.05, 4.69) is 21.2 Å². The van der Waals surface area contributed by atoms with Crippen LogP contribution in [-0.4, -0.2) is 28.5 Å². The summed E-state index contributed by atoms with van der Waals surface area (Å²) in [5.41, 5.74) is 1.83. The second kappa shape index (κ2) is 11.7. The van der Waals surface area contributed by atoms with Gasteiger partial charge in [-0.2, -0.15) is 0 Å². The summed E-state index contributed by atoms with van der Waals surface area (Å²) < 4.78 is 6.74. The van der Waals surface area contributed by atoms with Crippen molar-refractivity contribution in [2.45, 2.75) is 6.61 Å². The summed E-state index contributed by atoms with van der Waals surface area (Å²) in [6.45, 7) is -0.182. The third kappa shape index (κ3) is 6.44. The molecule has 6 nitrogen and oxygen atoms in total. The largest absolute Gasteiger partial charge is 0.486 e. The lowest BCUT2D eigenvalue weighted by atomic mass is 10.2. The van der Waals surface area contributed by atoms with Gasteiger partial charge in [0, 0.05) is 4.47 Å². The average Bonchev–Trinajstić information content (AvgIpc) is 3.08. The van der Waals surface area contributed by atoms with E-state index in [4.69, 9.17) is 39.5 Å². The highest BCUT2D eigenvalue weighted by Crippen LogP contribution is 2.38. The van der Waals surface area contributed by atoms with Gasteiger partial charge in [0.15, 0.2) is 5.75 Å². The molecule has 0 spiro atoms. The summed E-state index contributed by atoms with van der Waals surface area (Å²) in [7, 11) is 0. The number of hydrogen-bond acceptors (Lipinski definition) is 5. The molecule has 3 amide bonds. The number of benzene rings is 3. The Morgan fingerprint density at radius 1 is 1.00 bits per heavy atom. The van der Waals surface area contributed by atoms with E-state index in [-0.39, 0.29) is 21.6 Å². The highest BCUT2D eigenvalue weighted by molar-refractivity contribution is 9.10. The monoisotopic (exact) mass is 624 g/mol. The van der Waals surface area contributed by atoms with Gasteiger partial charge in [-0.15, -0.1) is 0 Å². The molecular weight excluding hydrogens is 611 g/mol. The fraction of sp³-hybridized carbons (Fsp3) is 0.0800. The maximum atomic E-state index is 12.8. The predicted molar refractivity (Wildman–Crippen MR) is 148 cm³/mol. The third-order valence-electron chi connectivity index (χ3n) is 4.94. The average molecular weight is 627 g/mol. The Kier molecular flexibility index (Phi) is 8.64. The minimum atomic E-state index is -0.595. The lowest BCUT2D eigenvalue weighted by Gasteiger charge is -2.13. The van der Waals surface area contributed by atoms with E-state index >= 15 is 0 Å². The van der Waals surface area contributed by atoms with E-state index in [1.807, 2.05) is 24.3 Å². The molecule has 3 aromatic carbocycles. The van der Waals surface area contributed by atoms with Crippen molar-refractivity contribution in [1.29, 1.82) is 0 Å². The van der Waals surface area contributed by atoms with Gasteiger partial charge < -0.3 is 10.1 Å². The van der Waals surface area contributed by atoms with Crippen LogP contribution in [0.3, 0.4) is 0 Å². The van der Waals surface area contributed by atoms with E-state index in [0.717, 1.165) is 26.7 Å². The summed E-state index contributed by atoms with van der Waals surface area (Å²) in [4.78, 5) is 38.6. The molecule has 4 rings (SSSR count). The number of imide groups is 1. The van der Waals surface area contributed by atoms with Crippen molar-refractivity contribution < 1.29 is 19.1 Å². The summed E-state index contributed by atoms with van der Waals surface area (Å²) in [5.74, 6) is -0.838. The van der Waals surface area contributed by atoms with Crippen LogP contribution in [0.2, 0.25) is 15.1 Å². The molecule has 184 valence electrons. The fourth-order valence-electron chi connectivity index (χ4n) is 3.22. The van der Waals surface area contributed by atoms with Crippen molar-refractivity contribution in [2.24, 2.45) is 0 Å². The number of anilines is 1. The van der Waals surface area contributed by atoms with Crippen molar-refractivity contribution in [2.75, 3.05) is 11.9 Å². The molecule has 1 N–H and O–H groups in total. The number of nitrogens with zero attached hydrogens (tertiary/aromatic N) is 1. The Bertz CT molecular complexity index is 1360. The number of halogens is 4. The Morgan fingerprint density at radius 3 is 2.33 bits per heavy atom. The van der Waals surface area contributed by atoms with Gasteiger partial charge in [0.25, 0.3) is 11.1 Å². The SMILES string of the molecule is O=C(CN1C(=O)S/C(=C/c2cc(Cl)c(OCc3ccc(Br)cc3)c(Cl)c2)C1=O)Nc1ccccc1Cl. The first-order chi connectivity index (χ1) is 17.2. The quantitative estimate of drug-likeness (QED) is 0.273. The van der Waals surface area contributed by atoms with E-state index in [1.54, 1.807) is 36.4 Å². The Hall–Kier alpha value is -2.49. The standard InChI is InChI=1S/C25H16BrCl3N2O4S/c26-16-7-5-14(6-8-16)13-35-23-18(28)9-15(10-19(23)29)11-21-24(33)31(25(34)36-21)12-22(32)30-20-4-2-1-3-17(20)27/h1-11H,12-13H2,(H,30,32)/b21-11+. The van der Waals surface area contributed by atoms with E-state index < -0.39 is 23.6 Å². The molecule has 36 heavy (non-hydrogen) atoms. The second-order valence-corrected chi connectivity index (χ2v) is 10.7. The predicted octanol–water partition coefficient (Wildman–Crippen LogP) is 7.66. The number of rotatable bonds is 7. The molecule has 0 aliphatic carbocycles. The van der Waals surface area contributed by atoms with Crippen LogP contribution in [0.1, 0.15) is 11.1 Å². The minimum Gasteiger partial charge on any atom is -0.486 e. The summed E-state index contributed by atoms with van der Waals surface area (Å²) in [6, 6.07) is 17.5. The van der Waals surface area contributed by atoms with Gasteiger partial charge in [0.05, 0.1) is 25.7 Å². The first-order valence-electron chi connectivity index (χ1n) is 10.4. The second-order valence-electron chi connectivity index (χ2n) is 7.52. The molecule has 0 aromatic heterocycles. The topological polar surface area (TPSA) is 75.7 Å². The van der Waals surface area contributed by atoms with Gasteiger partial charge in [-0.25, -0.2) is 0 Å². The van der Waals surface area contributed by atoms with Crippen LogP contribution < -0.4 is 10.1 Å². The molecule has 0 radical (unpaired) electrons. The zero-order chi connectivity index (χ0) is 25.8. The summed E-state index contributed by atoms with van der Waals surface area (Å²) >= 11 is 22.9. The van der Waals surface area contributed by atoms with Crippen LogP contribution in [0.15, 0.2) is 70.0 Å². The van der Waals surface area contributed by atoms with Crippen molar-refractivity contribution >= 4 is 91.3 Å². The van der Waals surface area contributed by atoms with Crippen molar-refractivity contribution in [3.8, 4) is 5.75 Å². The zero-order valence-electron chi connectivity index (χ0n) is 18.3. The third-order valence-corrected chi connectivity index (χ3v) is 7.27. The van der Waals surface area contributed by atoms with Crippen LogP contribution in [0.5, 0.6) is 5.75 Å². The highest BCUT2D eigenvalue weighted by atomic mass is 79.9. The molecule has 11 heteroatoms. The minimum absolute atomic E-state index is 0.140. The smallest absolute Gasteiger partial charge is 0.294 e. The number of carbonyl (C=O) groups is 3. The van der Waals surface area contributed by atoms with Gasteiger partial charge in [0.2, 0.25) is 5.91 Å². The molecule has 0 bridgehead atoms. The number of nitrogens with one attached hydrogen (secondary N) is 1.